The first kappa shape index (κ1) is 17.1. The largest absolute Gasteiger partial charge is 0.480 e. The average molecular weight is 332 g/mol. The summed E-state index contributed by atoms with van der Waals surface area (Å²) in [5, 5.41) is 22.1. The van der Waals surface area contributed by atoms with Gasteiger partial charge < -0.3 is 10.4 Å². The number of nitrogens with zero attached hydrogens (tertiary/aromatic N) is 1. The molecule has 0 aromatic heterocycles. The molecule has 1 amide bonds. The molecule has 0 radical (unpaired) electrons. The average Bonchev–Trinajstić information content (AvgIpc) is 2.54. The SMILES string of the molecule is O=C(N[C@H](Cc1ccc([N+](=O)[O-])cc1)C(=O)O)c1cccc(F)c1. The van der Waals surface area contributed by atoms with Gasteiger partial charge in [0.25, 0.3) is 11.6 Å². The fourth-order valence-electron chi connectivity index (χ4n) is 2.06. The molecule has 1 atom stereocenters. The molecule has 0 aliphatic rings. The Kier molecular flexibility index (Phi) is 5.20. The molecule has 7 nitrogen and oxygen atoms in total. The van der Waals surface area contributed by atoms with Crippen LogP contribution >= 0.6 is 0 Å². The molecule has 0 fully saturated rings. The lowest BCUT2D eigenvalue weighted by molar-refractivity contribution is -0.384. The number of carbonyl (C=O) groups excluding carboxylic acids is 1. The number of aliphatic carboxylic acids is 1. The summed E-state index contributed by atoms with van der Waals surface area (Å²) in [5.74, 6) is -2.59. The summed E-state index contributed by atoms with van der Waals surface area (Å²) in [4.78, 5) is 33.4. The molecule has 24 heavy (non-hydrogen) atoms. The molecular weight excluding hydrogens is 319 g/mol. The maximum atomic E-state index is 13.1. The summed E-state index contributed by atoms with van der Waals surface area (Å²) in [5.41, 5.74) is 0.395. The van der Waals surface area contributed by atoms with E-state index in [9.17, 15) is 29.2 Å². The van der Waals surface area contributed by atoms with E-state index in [1.165, 1.54) is 42.5 Å². The van der Waals surface area contributed by atoms with Crippen molar-refractivity contribution >= 4 is 17.6 Å². The molecule has 2 aromatic rings. The quantitative estimate of drug-likeness (QED) is 0.622. The number of rotatable bonds is 6. The monoisotopic (exact) mass is 332 g/mol. The van der Waals surface area contributed by atoms with Gasteiger partial charge in [-0.05, 0) is 23.8 Å². The number of nitro groups is 1. The molecule has 8 heteroatoms. The van der Waals surface area contributed by atoms with Crippen LogP contribution in [0.3, 0.4) is 0 Å². The maximum absolute atomic E-state index is 13.1. The molecule has 0 unspecified atom stereocenters. The van der Waals surface area contributed by atoms with Crippen LogP contribution in [-0.2, 0) is 11.2 Å². The number of hydrogen-bond donors (Lipinski definition) is 2. The van der Waals surface area contributed by atoms with E-state index in [-0.39, 0.29) is 17.7 Å². The van der Waals surface area contributed by atoms with E-state index in [1.807, 2.05) is 0 Å². The second kappa shape index (κ2) is 7.32. The minimum absolute atomic E-state index is 0.00458. The number of nitrogens with one attached hydrogen (secondary N) is 1. The summed E-state index contributed by atoms with van der Waals surface area (Å²) in [7, 11) is 0. The van der Waals surface area contributed by atoms with Gasteiger partial charge in [-0.25, -0.2) is 9.18 Å². The van der Waals surface area contributed by atoms with Crippen LogP contribution in [0.5, 0.6) is 0 Å². The summed E-state index contributed by atoms with van der Waals surface area (Å²) < 4.78 is 13.1. The van der Waals surface area contributed by atoms with E-state index >= 15 is 0 Å². The molecular formula is C16H13FN2O5. The maximum Gasteiger partial charge on any atom is 0.326 e. The van der Waals surface area contributed by atoms with Crippen molar-refractivity contribution in [2.75, 3.05) is 0 Å². The molecule has 124 valence electrons. The number of carbonyl (C=O) groups is 2. The van der Waals surface area contributed by atoms with E-state index in [1.54, 1.807) is 0 Å². The highest BCUT2D eigenvalue weighted by atomic mass is 19.1. The van der Waals surface area contributed by atoms with Gasteiger partial charge >= 0.3 is 5.97 Å². The fourth-order valence-corrected chi connectivity index (χ4v) is 2.06. The Morgan fingerprint density at radius 2 is 1.88 bits per heavy atom. The van der Waals surface area contributed by atoms with Gasteiger partial charge in [-0.2, -0.15) is 0 Å². The predicted octanol–water partition coefficient (Wildman–Crippen LogP) is 2.16. The number of carboxylic acids is 1. The Labute approximate surface area is 135 Å². The van der Waals surface area contributed by atoms with Gasteiger partial charge in [0.05, 0.1) is 4.92 Å². The number of hydrogen-bond acceptors (Lipinski definition) is 4. The lowest BCUT2D eigenvalue weighted by Gasteiger charge is -2.14. The first-order valence-corrected chi connectivity index (χ1v) is 6.89. The highest BCUT2D eigenvalue weighted by molar-refractivity contribution is 5.96. The minimum Gasteiger partial charge on any atom is -0.480 e. The van der Waals surface area contributed by atoms with Gasteiger partial charge in [0.1, 0.15) is 11.9 Å². The van der Waals surface area contributed by atoms with Gasteiger partial charge in [-0.1, -0.05) is 18.2 Å². The molecule has 0 heterocycles. The molecule has 0 bridgehead atoms. The van der Waals surface area contributed by atoms with Gasteiger partial charge in [0.2, 0.25) is 0 Å². The van der Waals surface area contributed by atoms with Crippen molar-refractivity contribution in [2.45, 2.75) is 12.5 Å². The summed E-state index contributed by atoms with van der Waals surface area (Å²) in [6, 6.07) is 8.97. The van der Waals surface area contributed by atoms with Crippen LogP contribution in [0.1, 0.15) is 15.9 Å². The van der Waals surface area contributed by atoms with Gasteiger partial charge in [-0.3, -0.25) is 14.9 Å². The first-order chi connectivity index (χ1) is 11.4. The number of carboxylic acid groups (broad SMARTS) is 1. The molecule has 0 aliphatic carbocycles. The number of halogens is 1. The molecule has 0 saturated heterocycles. The summed E-state index contributed by atoms with van der Waals surface area (Å²) >= 11 is 0. The summed E-state index contributed by atoms with van der Waals surface area (Å²) in [6.45, 7) is 0. The topological polar surface area (TPSA) is 110 Å². The Balaban J connectivity index is 2.10. The zero-order chi connectivity index (χ0) is 17.7. The smallest absolute Gasteiger partial charge is 0.326 e. The van der Waals surface area contributed by atoms with E-state index in [4.69, 9.17) is 0 Å². The molecule has 2 rings (SSSR count). The van der Waals surface area contributed by atoms with Crippen LogP contribution in [0, 0.1) is 15.9 Å². The van der Waals surface area contributed by atoms with E-state index in [0.29, 0.717) is 5.56 Å². The number of amides is 1. The number of non-ortho nitro benzene ring substituents is 1. The molecule has 0 saturated carbocycles. The minimum atomic E-state index is -1.27. The third-order valence-electron chi connectivity index (χ3n) is 3.28. The van der Waals surface area contributed by atoms with Crippen LogP contribution in [0.25, 0.3) is 0 Å². The van der Waals surface area contributed by atoms with Gasteiger partial charge in [0.15, 0.2) is 0 Å². The third kappa shape index (κ3) is 4.35. The van der Waals surface area contributed by atoms with Crippen LogP contribution in [0.4, 0.5) is 10.1 Å². The molecule has 0 spiro atoms. The van der Waals surface area contributed by atoms with Crippen molar-refractivity contribution in [1.29, 1.82) is 0 Å². The van der Waals surface area contributed by atoms with Crippen molar-refractivity contribution < 1.29 is 24.0 Å². The molecule has 0 aliphatic heterocycles. The normalized spacial score (nSPS) is 11.5. The Hall–Kier alpha value is -3.29. The van der Waals surface area contributed by atoms with Crippen LogP contribution < -0.4 is 5.32 Å². The highest BCUT2D eigenvalue weighted by Gasteiger charge is 2.21. The third-order valence-corrected chi connectivity index (χ3v) is 3.28. The van der Waals surface area contributed by atoms with Crippen molar-refractivity contribution in [3.05, 3.63) is 75.6 Å². The lowest BCUT2D eigenvalue weighted by atomic mass is 10.0. The Morgan fingerprint density at radius 1 is 1.21 bits per heavy atom. The van der Waals surface area contributed by atoms with Crippen LogP contribution in [0.2, 0.25) is 0 Å². The lowest BCUT2D eigenvalue weighted by Crippen LogP contribution is -2.42. The van der Waals surface area contributed by atoms with Gasteiger partial charge in [0, 0.05) is 24.1 Å². The van der Waals surface area contributed by atoms with E-state index < -0.39 is 28.7 Å². The standard InChI is InChI=1S/C16H13FN2O5/c17-12-3-1-2-11(9-12)15(20)18-14(16(21)22)8-10-4-6-13(7-5-10)19(23)24/h1-7,9,14H,8H2,(H,18,20)(H,21,22)/t14-/m1/s1. The van der Waals surface area contributed by atoms with Crippen LogP contribution in [0.15, 0.2) is 48.5 Å². The zero-order valence-electron chi connectivity index (χ0n) is 12.3. The van der Waals surface area contributed by atoms with E-state index in [2.05, 4.69) is 5.32 Å². The Morgan fingerprint density at radius 3 is 2.42 bits per heavy atom. The number of nitro benzene ring substituents is 1. The number of benzene rings is 2. The second-order valence-electron chi connectivity index (χ2n) is 5.00. The van der Waals surface area contributed by atoms with E-state index in [0.717, 1.165) is 6.07 Å². The highest BCUT2D eigenvalue weighted by Crippen LogP contribution is 2.13. The first-order valence-electron chi connectivity index (χ1n) is 6.89. The summed E-state index contributed by atoms with van der Waals surface area (Å²) in [6.07, 6.45) is -0.0611. The van der Waals surface area contributed by atoms with Crippen molar-refractivity contribution in [3.63, 3.8) is 0 Å². The van der Waals surface area contributed by atoms with Crippen molar-refractivity contribution in [1.82, 2.24) is 5.32 Å². The van der Waals surface area contributed by atoms with Crippen LogP contribution in [-0.4, -0.2) is 27.9 Å². The molecule has 2 aromatic carbocycles. The Bertz CT molecular complexity index is 776. The molecule has 2 N–H and O–H groups in total. The van der Waals surface area contributed by atoms with Crippen molar-refractivity contribution in [3.8, 4) is 0 Å². The van der Waals surface area contributed by atoms with Crippen molar-refractivity contribution in [2.24, 2.45) is 0 Å². The van der Waals surface area contributed by atoms with Gasteiger partial charge in [-0.15, -0.1) is 0 Å². The fraction of sp³-hybridized carbons (Fsp3) is 0.125. The zero-order valence-corrected chi connectivity index (χ0v) is 12.3. The predicted molar refractivity (Wildman–Crippen MR) is 82.1 cm³/mol. The second-order valence-corrected chi connectivity index (χ2v) is 5.00.